The molecule has 0 bridgehead atoms. The van der Waals surface area contributed by atoms with Crippen molar-refractivity contribution >= 4 is 11.6 Å². The van der Waals surface area contributed by atoms with Crippen LogP contribution in [-0.2, 0) is 4.74 Å². The van der Waals surface area contributed by atoms with Gasteiger partial charge in [-0.25, -0.2) is 4.39 Å². The first-order valence-corrected chi connectivity index (χ1v) is 6.74. The Morgan fingerprint density at radius 2 is 2.22 bits per heavy atom. The van der Waals surface area contributed by atoms with Gasteiger partial charge in [0, 0.05) is 18.7 Å². The molecule has 1 fully saturated rings. The molecule has 0 spiro atoms. The Morgan fingerprint density at radius 1 is 1.44 bits per heavy atom. The van der Waals surface area contributed by atoms with Gasteiger partial charge >= 0.3 is 0 Å². The first kappa shape index (κ1) is 13.8. The molecule has 2 nitrogen and oxygen atoms in total. The molecule has 3 atom stereocenters. The van der Waals surface area contributed by atoms with Gasteiger partial charge in [-0.05, 0) is 43.9 Å². The lowest BCUT2D eigenvalue weighted by atomic mass is 9.98. The van der Waals surface area contributed by atoms with Crippen LogP contribution in [0, 0.1) is 11.7 Å². The Balaban J connectivity index is 1.97. The highest BCUT2D eigenvalue weighted by molar-refractivity contribution is 6.30. The summed E-state index contributed by atoms with van der Waals surface area (Å²) in [4.78, 5) is 0. The molecule has 0 aromatic heterocycles. The molecule has 2 rings (SSSR count). The van der Waals surface area contributed by atoms with Crippen molar-refractivity contribution in [3.63, 3.8) is 0 Å². The minimum Gasteiger partial charge on any atom is -0.381 e. The van der Waals surface area contributed by atoms with Gasteiger partial charge in [-0.15, -0.1) is 0 Å². The smallest absolute Gasteiger partial charge is 0.141 e. The predicted octanol–water partition coefficient (Wildman–Crippen LogP) is 3.55. The van der Waals surface area contributed by atoms with Crippen molar-refractivity contribution in [3.05, 3.63) is 34.6 Å². The molecule has 1 aromatic rings. The Bertz CT molecular complexity index is 407. The molecule has 1 saturated heterocycles. The maximum atomic E-state index is 13.1. The minimum atomic E-state index is -0.371. The Morgan fingerprint density at radius 3 is 2.83 bits per heavy atom. The van der Waals surface area contributed by atoms with Crippen LogP contribution < -0.4 is 5.32 Å². The van der Waals surface area contributed by atoms with Gasteiger partial charge in [0.25, 0.3) is 0 Å². The molecule has 1 aliphatic rings. The number of hydrogen-bond donors (Lipinski definition) is 1. The van der Waals surface area contributed by atoms with E-state index in [0.29, 0.717) is 12.0 Å². The highest BCUT2D eigenvalue weighted by atomic mass is 35.5. The second kappa shape index (κ2) is 6.00. The topological polar surface area (TPSA) is 21.3 Å². The lowest BCUT2D eigenvalue weighted by molar-refractivity contribution is 0.177. The zero-order chi connectivity index (χ0) is 13.1. The number of rotatable bonds is 4. The van der Waals surface area contributed by atoms with Gasteiger partial charge in [0.1, 0.15) is 5.82 Å². The molecular formula is C14H19ClFNO. The van der Waals surface area contributed by atoms with Crippen molar-refractivity contribution in [2.75, 3.05) is 13.2 Å². The van der Waals surface area contributed by atoms with Crippen LogP contribution in [-0.4, -0.2) is 19.3 Å². The van der Waals surface area contributed by atoms with Crippen LogP contribution in [0.1, 0.15) is 31.9 Å². The molecule has 1 aromatic carbocycles. The van der Waals surface area contributed by atoms with Crippen molar-refractivity contribution in [2.45, 2.75) is 32.4 Å². The van der Waals surface area contributed by atoms with Crippen LogP contribution in [0.5, 0.6) is 0 Å². The second-order valence-corrected chi connectivity index (χ2v) is 5.38. The van der Waals surface area contributed by atoms with E-state index in [1.807, 2.05) is 0 Å². The number of hydrogen-bond acceptors (Lipinski definition) is 2. The van der Waals surface area contributed by atoms with Crippen molar-refractivity contribution in [3.8, 4) is 0 Å². The summed E-state index contributed by atoms with van der Waals surface area (Å²) in [5.41, 5.74) is 1.01. The van der Waals surface area contributed by atoms with Crippen LogP contribution in [0.2, 0.25) is 5.02 Å². The maximum Gasteiger partial charge on any atom is 0.141 e. The molecule has 1 heterocycles. The molecule has 18 heavy (non-hydrogen) atoms. The molecular weight excluding hydrogens is 253 g/mol. The van der Waals surface area contributed by atoms with E-state index >= 15 is 0 Å². The third-order valence-electron chi connectivity index (χ3n) is 3.63. The average Bonchev–Trinajstić information content (AvgIpc) is 2.86. The van der Waals surface area contributed by atoms with E-state index in [9.17, 15) is 4.39 Å². The van der Waals surface area contributed by atoms with Crippen molar-refractivity contribution in [1.82, 2.24) is 5.32 Å². The molecule has 1 aliphatic heterocycles. The van der Waals surface area contributed by atoms with Crippen molar-refractivity contribution < 1.29 is 9.13 Å². The van der Waals surface area contributed by atoms with E-state index in [-0.39, 0.29) is 16.9 Å². The maximum absolute atomic E-state index is 13.1. The molecule has 3 unspecified atom stereocenters. The highest BCUT2D eigenvalue weighted by Crippen LogP contribution is 2.23. The molecule has 0 amide bonds. The molecule has 1 N–H and O–H groups in total. The zero-order valence-corrected chi connectivity index (χ0v) is 11.5. The molecule has 0 saturated carbocycles. The van der Waals surface area contributed by atoms with Crippen LogP contribution in [0.3, 0.4) is 0 Å². The lowest BCUT2D eigenvalue weighted by Crippen LogP contribution is -2.35. The van der Waals surface area contributed by atoms with Crippen molar-refractivity contribution in [2.24, 2.45) is 5.92 Å². The van der Waals surface area contributed by atoms with E-state index in [0.717, 1.165) is 25.2 Å². The third kappa shape index (κ3) is 3.22. The van der Waals surface area contributed by atoms with Gasteiger partial charge in [0.15, 0.2) is 0 Å². The van der Waals surface area contributed by atoms with Crippen LogP contribution >= 0.6 is 11.6 Å². The first-order valence-electron chi connectivity index (χ1n) is 6.36. The van der Waals surface area contributed by atoms with E-state index in [2.05, 4.69) is 19.2 Å². The quantitative estimate of drug-likeness (QED) is 0.904. The third-order valence-corrected chi connectivity index (χ3v) is 3.92. The summed E-state index contributed by atoms with van der Waals surface area (Å²) in [5.74, 6) is 0.188. The van der Waals surface area contributed by atoms with E-state index in [1.54, 1.807) is 12.1 Å². The molecule has 0 aliphatic carbocycles. The van der Waals surface area contributed by atoms with Gasteiger partial charge in [0.2, 0.25) is 0 Å². The van der Waals surface area contributed by atoms with Crippen LogP contribution in [0.4, 0.5) is 4.39 Å². The summed E-state index contributed by atoms with van der Waals surface area (Å²) in [6, 6.07) is 5.41. The number of halogens is 2. The van der Waals surface area contributed by atoms with Crippen molar-refractivity contribution in [1.29, 1.82) is 0 Å². The fourth-order valence-corrected chi connectivity index (χ4v) is 2.54. The second-order valence-electron chi connectivity index (χ2n) is 4.97. The van der Waals surface area contributed by atoms with Gasteiger partial charge in [0.05, 0.1) is 11.6 Å². The Hall–Kier alpha value is -0.640. The summed E-state index contributed by atoms with van der Waals surface area (Å²) in [7, 11) is 0. The van der Waals surface area contributed by atoms with Crippen LogP contribution in [0.15, 0.2) is 18.2 Å². The number of ether oxygens (including phenoxy) is 1. The summed E-state index contributed by atoms with van der Waals surface area (Å²) in [5, 5.41) is 3.70. The van der Waals surface area contributed by atoms with E-state index in [1.165, 1.54) is 6.07 Å². The first-order chi connectivity index (χ1) is 8.58. The van der Waals surface area contributed by atoms with E-state index < -0.39 is 0 Å². The largest absolute Gasteiger partial charge is 0.381 e. The molecule has 100 valence electrons. The summed E-state index contributed by atoms with van der Waals surface area (Å²) in [6.45, 7) is 5.91. The predicted molar refractivity (Wildman–Crippen MR) is 71.3 cm³/mol. The fraction of sp³-hybridized carbons (Fsp3) is 0.571. The summed E-state index contributed by atoms with van der Waals surface area (Å²) >= 11 is 5.80. The number of benzene rings is 1. The Labute approximate surface area is 112 Å². The Kier molecular flexibility index (Phi) is 4.60. The van der Waals surface area contributed by atoms with E-state index in [4.69, 9.17) is 16.3 Å². The zero-order valence-electron chi connectivity index (χ0n) is 10.7. The van der Waals surface area contributed by atoms with Gasteiger partial charge < -0.3 is 10.1 Å². The molecule has 0 radical (unpaired) electrons. The lowest BCUT2D eigenvalue weighted by Gasteiger charge is -2.24. The summed E-state index contributed by atoms with van der Waals surface area (Å²) < 4.78 is 18.5. The monoisotopic (exact) mass is 271 g/mol. The van der Waals surface area contributed by atoms with Crippen LogP contribution in [0.25, 0.3) is 0 Å². The normalized spacial score (nSPS) is 23.0. The molecule has 4 heteroatoms. The van der Waals surface area contributed by atoms with Gasteiger partial charge in [-0.2, -0.15) is 0 Å². The fourth-order valence-electron chi connectivity index (χ4n) is 2.36. The SMILES string of the molecule is CC(NC(C)C1CCOC1)c1ccc(F)c(Cl)c1. The standard InChI is InChI=1S/C14H19ClFNO/c1-9(11-3-4-14(16)13(15)7-11)17-10(2)12-5-6-18-8-12/h3-4,7,9-10,12,17H,5-6,8H2,1-2H3. The highest BCUT2D eigenvalue weighted by Gasteiger charge is 2.23. The number of nitrogens with one attached hydrogen (secondary N) is 1. The average molecular weight is 272 g/mol. The van der Waals surface area contributed by atoms with Gasteiger partial charge in [-0.1, -0.05) is 17.7 Å². The minimum absolute atomic E-state index is 0.152. The summed E-state index contributed by atoms with van der Waals surface area (Å²) in [6.07, 6.45) is 1.10. The van der Waals surface area contributed by atoms with Gasteiger partial charge in [-0.3, -0.25) is 0 Å².